The molecule has 1 amide bonds. The van der Waals surface area contributed by atoms with Gasteiger partial charge in [0, 0.05) is 18.0 Å². The highest BCUT2D eigenvalue weighted by Gasteiger charge is 2.22. The van der Waals surface area contributed by atoms with Crippen LogP contribution in [0, 0.1) is 6.92 Å². The number of pyridine rings is 1. The molecule has 0 atom stereocenters. The highest BCUT2D eigenvalue weighted by molar-refractivity contribution is 7.91. The van der Waals surface area contributed by atoms with Crippen LogP contribution in [0.3, 0.4) is 0 Å². The number of fused-ring (bicyclic) bond motifs is 1. The van der Waals surface area contributed by atoms with Crippen LogP contribution in [0.1, 0.15) is 18.9 Å². The lowest BCUT2D eigenvalue weighted by Gasteiger charge is -2.12. The molecule has 3 rings (SSSR count). The first-order chi connectivity index (χ1) is 11.9. The molecule has 0 radical (unpaired) electrons. The van der Waals surface area contributed by atoms with Crippen molar-refractivity contribution in [2.45, 2.75) is 30.1 Å². The molecule has 25 heavy (non-hydrogen) atoms. The molecule has 0 bridgehead atoms. The van der Waals surface area contributed by atoms with Gasteiger partial charge in [0.15, 0.2) is 0 Å². The summed E-state index contributed by atoms with van der Waals surface area (Å²) in [5.74, 6) is -0.152. The smallest absolute Gasteiger partial charge is 0.224 e. The maximum absolute atomic E-state index is 13.0. The molecule has 0 aliphatic carbocycles. The number of hydrogen-bond donors (Lipinski definition) is 1. The molecule has 5 nitrogen and oxygen atoms in total. The Bertz CT molecular complexity index is 1040. The number of hydrogen-bond acceptors (Lipinski definition) is 4. The van der Waals surface area contributed by atoms with Crippen molar-refractivity contribution >= 4 is 32.3 Å². The van der Waals surface area contributed by atoms with Crippen molar-refractivity contribution in [2.24, 2.45) is 0 Å². The Labute approximate surface area is 146 Å². The molecule has 6 heteroatoms. The van der Waals surface area contributed by atoms with E-state index in [1.807, 2.05) is 6.92 Å². The van der Waals surface area contributed by atoms with E-state index in [-0.39, 0.29) is 15.7 Å². The van der Waals surface area contributed by atoms with Gasteiger partial charge >= 0.3 is 0 Å². The average molecular weight is 354 g/mol. The lowest BCUT2D eigenvalue weighted by Crippen LogP contribution is -2.11. The molecule has 2 aromatic carbocycles. The maximum Gasteiger partial charge on any atom is 0.224 e. The first-order valence-corrected chi connectivity index (χ1v) is 9.41. The lowest BCUT2D eigenvalue weighted by molar-refractivity contribution is -0.115. The second kappa shape index (κ2) is 6.64. The summed E-state index contributed by atoms with van der Waals surface area (Å²) in [5, 5.41) is 3.25. The maximum atomic E-state index is 13.0. The number of rotatable bonds is 4. The van der Waals surface area contributed by atoms with Gasteiger partial charge in [-0.15, -0.1) is 0 Å². The Hall–Kier alpha value is -2.73. The van der Waals surface area contributed by atoms with E-state index < -0.39 is 9.84 Å². The van der Waals surface area contributed by atoms with Gasteiger partial charge in [-0.1, -0.05) is 24.6 Å². The summed E-state index contributed by atoms with van der Waals surface area (Å²) < 4.78 is 26.1. The zero-order valence-corrected chi connectivity index (χ0v) is 14.8. The highest BCUT2D eigenvalue weighted by atomic mass is 32.2. The molecule has 3 aromatic rings. The molecule has 0 unspecified atom stereocenters. The van der Waals surface area contributed by atoms with Gasteiger partial charge in [-0.2, -0.15) is 0 Å². The number of carbonyl (C=O) groups is 1. The predicted octanol–water partition coefficient (Wildman–Crippen LogP) is 3.72. The molecule has 0 aliphatic heterocycles. The van der Waals surface area contributed by atoms with Crippen LogP contribution < -0.4 is 5.32 Å². The number of anilines is 1. The third kappa shape index (κ3) is 3.25. The molecule has 128 valence electrons. The van der Waals surface area contributed by atoms with E-state index in [9.17, 15) is 13.2 Å². The Morgan fingerprint density at radius 2 is 1.80 bits per heavy atom. The van der Waals surface area contributed by atoms with E-state index >= 15 is 0 Å². The van der Waals surface area contributed by atoms with Crippen molar-refractivity contribution in [3.05, 3.63) is 60.3 Å². The van der Waals surface area contributed by atoms with E-state index in [1.54, 1.807) is 55.6 Å². The summed E-state index contributed by atoms with van der Waals surface area (Å²) in [5.41, 5.74) is 1.95. The van der Waals surface area contributed by atoms with Gasteiger partial charge in [-0.25, -0.2) is 8.42 Å². The fourth-order valence-electron chi connectivity index (χ4n) is 2.56. The first kappa shape index (κ1) is 17.1. The number of aryl methyl sites for hydroxylation is 1. The van der Waals surface area contributed by atoms with Gasteiger partial charge in [0.2, 0.25) is 15.7 Å². The molecule has 1 heterocycles. The first-order valence-electron chi connectivity index (χ1n) is 7.93. The number of amides is 1. The minimum atomic E-state index is -3.69. The quantitative estimate of drug-likeness (QED) is 0.775. The Kier molecular flexibility index (Phi) is 4.55. The van der Waals surface area contributed by atoms with Crippen molar-refractivity contribution in [1.82, 2.24) is 4.98 Å². The molecule has 0 fully saturated rings. The molecule has 1 aromatic heterocycles. The highest BCUT2D eigenvalue weighted by Crippen LogP contribution is 2.31. The van der Waals surface area contributed by atoms with Crippen molar-refractivity contribution < 1.29 is 13.2 Å². The van der Waals surface area contributed by atoms with Crippen molar-refractivity contribution in [3.8, 4) is 0 Å². The number of carbonyl (C=O) groups excluding carboxylic acids is 1. The summed E-state index contributed by atoms with van der Waals surface area (Å²) in [6, 6.07) is 13.2. The normalized spacial score (nSPS) is 11.4. The second-order valence-corrected chi connectivity index (χ2v) is 7.65. The van der Waals surface area contributed by atoms with Gasteiger partial charge in [0.1, 0.15) is 0 Å². The zero-order chi connectivity index (χ0) is 18.0. The topological polar surface area (TPSA) is 76.1 Å². The van der Waals surface area contributed by atoms with E-state index in [1.165, 1.54) is 6.07 Å². The number of nitrogens with zero attached hydrogens (tertiary/aromatic N) is 1. The summed E-state index contributed by atoms with van der Waals surface area (Å²) in [4.78, 5) is 16.4. The third-order valence-electron chi connectivity index (χ3n) is 3.95. The standard InChI is InChI=1S/C19H18N2O3S/c1-3-18(22)21-16-10-11-17(15-5-4-12-20-19(15)16)25(23,24)14-8-6-13(2)7-9-14/h4-12H,3H2,1-2H3,(H,21,22). The van der Waals surface area contributed by atoms with Gasteiger partial charge in [-0.3, -0.25) is 9.78 Å². The zero-order valence-electron chi connectivity index (χ0n) is 14.0. The number of benzene rings is 2. The summed E-state index contributed by atoms with van der Waals surface area (Å²) in [6.07, 6.45) is 1.91. The van der Waals surface area contributed by atoms with Crippen LogP contribution in [0.25, 0.3) is 10.9 Å². The fourth-order valence-corrected chi connectivity index (χ4v) is 4.01. The van der Waals surface area contributed by atoms with Crippen LogP contribution in [0.15, 0.2) is 64.5 Å². The van der Waals surface area contributed by atoms with E-state index in [0.717, 1.165) is 5.56 Å². The number of sulfone groups is 1. The minimum absolute atomic E-state index is 0.152. The predicted molar refractivity (Wildman–Crippen MR) is 97.3 cm³/mol. The van der Waals surface area contributed by atoms with Crippen molar-refractivity contribution in [3.63, 3.8) is 0 Å². The van der Waals surface area contributed by atoms with Crippen LogP contribution in [0.4, 0.5) is 5.69 Å². The van der Waals surface area contributed by atoms with Crippen LogP contribution in [0.5, 0.6) is 0 Å². The SMILES string of the molecule is CCC(=O)Nc1ccc(S(=O)(=O)c2ccc(C)cc2)c2cccnc12. The Morgan fingerprint density at radius 1 is 1.08 bits per heavy atom. The number of nitrogens with one attached hydrogen (secondary N) is 1. The summed E-state index contributed by atoms with van der Waals surface area (Å²) in [6.45, 7) is 3.65. The van der Waals surface area contributed by atoms with Gasteiger partial charge in [-0.05, 0) is 43.3 Å². The van der Waals surface area contributed by atoms with Crippen LogP contribution >= 0.6 is 0 Å². The second-order valence-electron chi connectivity index (χ2n) is 5.73. The summed E-state index contributed by atoms with van der Waals surface area (Å²) in [7, 11) is -3.69. The third-order valence-corrected chi connectivity index (χ3v) is 5.77. The lowest BCUT2D eigenvalue weighted by atomic mass is 10.2. The van der Waals surface area contributed by atoms with E-state index in [2.05, 4.69) is 10.3 Å². The van der Waals surface area contributed by atoms with Gasteiger partial charge < -0.3 is 5.32 Å². The average Bonchev–Trinajstić information content (AvgIpc) is 2.62. The number of aromatic nitrogens is 1. The Morgan fingerprint density at radius 3 is 2.48 bits per heavy atom. The molecule has 1 N–H and O–H groups in total. The minimum Gasteiger partial charge on any atom is -0.324 e. The molecule has 0 saturated carbocycles. The van der Waals surface area contributed by atoms with Crippen LogP contribution in [-0.2, 0) is 14.6 Å². The van der Waals surface area contributed by atoms with Crippen LogP contribution in [-0.4, -0.2) is 19.3 Å². The van der Waals surface area contributed by atoms with E-state index in [4.69, 9.17) is 0 Å². The fraction of sp³-hybridized carbons (Fsp3) is 0.158. The molecular weight excluding hydrogens is 336 g/mol. The molecule has 0 saturated heterocycles. The molecule has 0 spiro atoms. The van der Waals surface area contributed by atoms with Gasteiger partial charge in [0.05, 0.1) is 21.0 Å². The van der Waals surface area contributed by atoms with Crippen molar-refractivity contribution in [1.29, 1.82) is 0 Å². The molecule has 0 aliphatic rings. The van der Waals surface area contributed by atoms with E-state index in [0.29, 0.717) is 23.0 Å². The summed E-state index contributed by atoms with van der Waals surface area (Å²) >= 11 is 0. The van der Waals surface area contributed by atoms with Crippen LogP contribution in [0.2, 0.25) is 0 Å². The molecular formula is C19H18N2O3S. The monoisotopic (exact) mass is 354 g/mol. The van der Waals surface area contributed by atoms with Gasteiger partial charge in [0.25, 0.3) is 0 Å². The Balaban J connectivity index is 2.19. The largest absolute Gasteiger partial charge is 0.324 e. The van der Waals surface area contributed by atoms with Crippen molar-refractivity contribution in [2.75, 3.05) is 5.32 Å².